The van der Waals surface area contributed by atoms with Gasteiger partial charge in [0.25, 0.3) is 0 Å². The van der Waals surface area contributed by atoms with Crippen molar-refractivity contribution in [1.29, 1.82) is 0 Å². The smallest absolute Gasteiger partial charge is 0.233 e. The van der Waals surface area contributed by atoms with Gasteiger partial charge in [0.2, 0.25) is 5.91 Å². The van der Waals surface area contributed by atoms with Gasteiger partial charge >= 0.3 is 0 Å². The van der Waals surface area contributed by atoms with Gasteiger partial charge < -0.3 is 4.90 Å². The fourth-order valence-electron chi connectivity index (χ4n) is 3.56. The normalized spacial score (nSPS) is 22.5. The molecule has 2 aliphatic heterocycles. The van der Waals surface area contributed by atoms with Crippen molar-refractivity contribution in [2.45, 2.75) is 50.7 Å². The van der Waals surface area contributed by atoms with E-state index >= 15 is 0 Å². The topological polar surface area (TPSA) is 49.3 Å². The number of aryl methyl sites for hydroxylation is 2. The van der Waals surface area contributed by atoms with Crippen LogP contribution in [0.5, 0.6) is 0 Å². The lowest BCUT2D eigenvalue weighted by Crippen LogP contribution is -2.49. The molecule has 0 aromatic carbocycles. The first-order valence-corrected chi connectivity index (χ1v) is 9.57. The van der Waals surface area contributed by atoms with Crippen LogP contribution in [0.3, 0.4) is 0 Å². The molecule has 0 bridgehead atoms. The predicted octanol–water partition coefficient (Wildman–Crippen LogP) is 2.27. The van der Waals surface area contributed by atoms with Crippen LogP contribution in [0.1, 0.15) is 37.1 Å². The van der Waals surface area contributed by atoms with Crippen LogP contribution in [-0.4, -0.2) is 63.6 Å². The molecule has 0 radical (unpaired) electrons. The lowest BCUT2D eigenvalue weighted by Gasteiger charge is -2.37. The molecule has 2 aliphatic rings. The average molecular weight is 334 g/mol. The summed E-state index contributed by atoms with van der Waals surface area (Å²) in [7, 11) is 0. The van der Waals surface area contributed by atoms with Crippen LogP contribution < -0.4 is 0 Å². The Hall–Kier alpha value is -1.14. The van der Waals surface area contributed by atoms with E-state index in [0.717, 1.165) is 30.9 Å². The van der Waals surface area contributed by atoms with Gasteiger partial charge in [-0.3, -0.25) is 9.69 Å². The Balaban J connectivity index is 1.53. The molecular weight excluding hydrogens is 308 g/mol. The van der Waals surface area contributed by atoms with Crippen molar-refractivity contribution in [2.24, 2.45) is 0 Å². The quantitative estimate of drug-likeness (QED) is 0.624. The van der Waals surface area contributed by atoms with Gasteiger partial charge in [-0.2, -0.15) is 0 Å². The molecule has 6 heteroatoms. The second-order valence-corrected chi connectivity index (χ2v) is 7.54. The zero-order valence-corrected chi connectivity index (χ0v) is 14.9. The highest BCUT2D eigenvalue weighted by Gasteiger charge is 2.29. The second-order valence-electron chi connectivity index (χ2n) is 6.60. The van der Waals surface area contributed by atoms with Crippen LogP contribution in [0.4, 0.5) is 0 Å². The number of thioether (sulfide) groups is 1. The van der Waals surface area contributed by atoms with E-state index in [1.165, 1.54) is 44.1 Å². The number of aromatic nitrogens is 2. The summed E-state index contributed by atoms with van der Waals surface area (Å²) in [5, 5.41) is 0.712. The van der Waals surface area contributed by atoms with Crippen LogP contribution in [0.25, 0.3) is 0 Å². The van der Waals surface area contributed by atoms with E-state index in [0.29, 0.717) is 17.0 Å². The molecule has 23 heavy (non-hydrogen) atoms. The number of piperidine rings is 1. The molecule has 1 unspecified atom stereocenters. The summed E-state index contributed by atoms with van der Waals surface area (Å²) < 4.78 is 0. The largest absolute Gasteiger partial charge is 0.340 e. The third-order valence-electron chi connectivity index (χ3n) is 4.69. The first-order chi connectivity index (χ1) is 11.1. The molecule has 126 valence electrons. The minimum Gasteiger partial charge on any atom is -0.340 e. The van der Waals surface area contributed by atoms with Crippen molar-refractivity contribution in [3.63, 3.8) is 0 Å². The maximum absolute atomic E-state index is 12.5. The lowest BCUT2D eigenvalue weighted by atomic mass is 10.0. The van der Waals surface area contributed by atoms with Crippen molar-refractivity contribution in [2.75, 3.05) is 31.9 Å². The Bertz CT molecular complexity index is 539. The molecule has 1 atom stereocenters. The number of amides is 1. The zero-order valence-electron chi connectivity index (χ0n) is 14.1. The maximum atomic E-state index is 12.5. The SMILES string of the molecule is Cc1cc(C)nc(SCC(=O)N2CCCC(N3CCCC3)C2)n1. The van der Waals surface area contributed by atoms with E-state index in [1.54, 1.807) is 0 Å². The van der Waals surface area contributed by atoms with Crippen molar-refractivity contribution < 1.29 is 4.79 Å². The summed E-state index contributed by atoms with van der Waals surface area (Å²) in [6.45, 7) is 8.14. The Kier molecular flexibility index (Phi) is 5.54. The number of hydrogen-bond acceptors (Lipinski definition) is 5. The van der Waals surface area contributed by atoms with E-state index in [-0.39, 0.29) is 5.91 Å². The Labute approximate surface area is 142 Å². The Morgan fingerprint density at radius 1 is 1.17 bits per heavy atom. The minimum atomic E-state index is 0.224. The fourth-order valence-corrected chi connectivity index (χ4v) is 4.41. The molecule has 2 saturated heterocycles. The molecule has 3 rings (SSSR count). The number of hydrogen-bond donors (Lipinski definition) is 0. The molecule has 2 fully saturated rings. The van der Waals surface area contributed by atoms with E-state index < -0.39 is 0 Å². The maximum Gasteiger partial charge on any atom is 0.233 e. The summed E-state index contributed by atoms with van der Waals surface area (Å²) in [5.74, 6) is 0.664. The highest BCUT2D eigenvalue weighted by Crippen LogP contribution is 2.22. The molecule has 0 saturated carbocycles. The van der Waals surface area contributed by atoms with E-state index in [9.17, 15) is 4.79 Å². The monoisotopic (exact) mass is 334 g/mol. The number of carbonyl (C=O) groups is 1. The van der Waals surface area contributed by atoms with Crippen LogP contribution in [0.15, 0.2) is 11.2 Å². The van der Waals surface area contributed by atoms with Crippen molar-refractivity contribution in [3.8, 4) is 0 Å². The van der Waals surface area contributed by atoms with Gasteiger partial charge in [-0.15, -0.1) is 0 Å². The van der Waals surface area contributed by atoms with Crippen molar-refractivity contribution >= 4 is 17.7 Å². The van der Waals surface area contributed by atoms with Gasteiger partial charge in [-0.1, -0.05) is 11.8 Å². The minimum absolute atomic E-state index is 0.224. The molecule has 5 nitrogen and oxygen atoms in total. The standard InChI is InChI=1S/C17H26N4OS/c1-13-10-14(2)19-17(18-13)23-12-16(22)21-9-5-6-15(11-21)20-7-3-4-8-20/h10,15H,3-9,11-12H2,1-2H3. The first-order valence-electron chi connectivity index (χ1n) is 8.59. The van der Waals surface area contributed by atoms with Gasteiger partial charge in [0, 0.05) is 30.5 Å². The second kappa shape index (κ2) is 7.62. The van der Waals surface area contributed by atoms with Gasteiger partial charge in [-0.25, -0.2) is 9.97 Å². The summed E-state index contributed by atoms with van der Waals surface area (Å²) in [6.07, 6.45) is 4.98. The van der Waals surface area contributed by atoms with Gasteiger partial charge in [-0.05, 0) is 58.7 Å². The highest BCUT2D eigenvalue weighted by atomic mass is 32.2. The zero-order chi connectivity index (χ0) is 16.2. The number of rotatable bonds is 4. The van der Waals surface area contributed by atoms with Crippen molar-refractivity contribution in [3.05, 3.63) is 17.5 Å². The Morgan fingerprint density at radius 3 is 2.57 bits per heavy atom. The highest BCUT2D eigenvalue weighted by molar-refractivity contribution is 7.99. The third-order valence-corrected chi connectivity index (χ3v) is 5.52. The molecule has 0 N–H and O–H groups in total. The van der Waals surface area contributed by atoms with Crippen LogP contribution in [0, 0.1) is 13.8 Å². The summed E-state index contributed by atoms with van der Waals surface area (Å²) in [5.41, 5.74) is 1.92. The summed E-state index contributed by atoms with van der Waals surface area (Å²) >= 11 is 1.46. The third kappa shape index (κ3) is 4.44. The molecule has 1 aromatic rings. The van der Waals surface area contributed by atoms with Gasteiger partial charge in [0.05, 0.1) is 5.75 Å². The molecule has 1 aromatic heterocycles. The number of nitrogens with zero attached hydrogens (tertiary/aromatic N) is 4. The molecule has 0 aliphatic carbocycles. The number of carbonyl (C=O) groups excluding carboxylic acids is 1. The molecule has 3 heterocycles. The van der Waals surface area contributed by atoms with Gasteiger partial charge in [0.1, 0.15) is 0 Å². The predicted molar refractivity (Wildman–Crippen MR) is 92.6 cm³/mol. The molecule has 0 spiro atoms. The Morgan fingerprint density at radius 2 is 1.87 bits per heavy atom. The van der Waals surface area contributed by atoms with E-state index in [4.69, 9.17) is 0 Å². The lowest BCUT2D eigenvalue weighted by molar-refractivity contribution is -0.130. The fraction of sp³-hybridized carbons (Fsp3) is 0.706. The molecular formula is C17H26N4OS. The number of likely N-dealkylation sites (tertiary alicyclic amines) is 2. The average Bonchev–Trinajstić information content (AvgIpc) is 3.06. The van der Waals surface area contributed by atoms with Crippen molar-refractivity contribution in [1.82, 2.24) is 19.8 Å². The summed E-state index contributed by atoms with van der Waals surface area (Å²) in [6, 6.07) is 2.52. The molecule has 1 amide bonds. The van der Waals surface area contributed by atoms with Gasteiger partial charge in [0.15, 0.2) is 5.16 Å². The summed E-state index contributed by atoms with van der Waals surface area (Å²) in [4.78, 5) is 25.9. The van der Waals surface area contributed by atoms with E-state index in [1.807, 2.05) is 24.8 Å². The first kappa shape index (κ1) is 16.7. The van der Waals surface area contributed by atoms with E-state index in [2.05, 4.69) is 14.9 Å². The van der Waals surface area contributed by atoms with Crippen LogP contribution in [0.2, 0.25) is 0 Å². The van der Waals surface area contributed by atoms with Crippen LogP contribution >= 0.6 is 11.8 Å². The van der Waals surface area contributed by atoms with Crippen LogP contribution in [-0.2, 0) is 4.79 Å².